The van der Waals surface area contributed by atoms with Crippen LogP contribution in [0.3, 0.4) is 0 Å². The Kier molecular flexibility index (Phi) is 5.25. The van der Waals surface area contributed by atoms with Crippen molar-refractivity contribution < 1.29 is 14.5 Å². The van der Waals surface area contributed by atoms with Crippen LogP contribution in [-0.4, -0.2) is 26.8 Å². The highest BCUT2D eigenvalue weighted by Crippen LogP contribution is 2.25. The zero-order chi connectivity index (χ0) is 20.3. The van der Waals surface area contributed by atoms with Crippen LogP contribution in [-0.2, 0) is 11.8 Å². The number of hydrogen-bond acceptors (Lipinski definition) is 5. The monoisotopic (exact) mass is 382 g/mol. The molecule has 0 unspecified atom stereocenters. The number of rotatable bonds is 6. The van der Waals surface area contributed by atoms with Gasteiger partial charge in [0.2, 0.25) is 0 Å². The first kappa shape index (κ1) is 18.9. The molecule has 0 aliphatic heterocycles. The van der Waals surface area contributed by atoms with Crippen LogP contribution in [0.5, 0.6) is 5.75 Å². The van der Waals surface area contributed by atoms with Gasteiger partial charge in [0.1, 0.15) is 5.69 Å². The molecule has 9 heteroatoms. The van der Waals surface area contributed by atoms with E-state index >= 15 is 0 Å². The molecule has 0 fully saturated rings. The standard InChI is InChI=1S/C19H18N4O5/c1-13-18(19(25)22(21(13)2)14-8-4-3-5-9-14)20-17(24)12-28-16-11-7-6-10-15(16)23(26)27/h3-11H,12H2,1-2H3,(H,20,24). The van der Waals surface area contributed by atoms with Crippen molar-refractivity contribution in [3.63, 3.8) is 0 Å². The summed E-state index contributed by atoms with van der Waals surface area (Å²) in [5.41, 5.74) is 0.730. The van der Waals surface area contributed by atoms with Gasteiger partial charge in [-0.3, -0.25) is 24.4 Å². The van der Waals surface area contributed by atoms with Crippen molar-refractivity contribution in [1.29, 1.82) is 0 Å². The molecule has 3 rings (SSSR count). The van der Waals surface area contributed by atoms with Crippen molar-refractivity contribution in [2.75, 3.05) is 11.9 Å². The number of ether oxygens (including phenoxy) is 1. The molecule has 9 nitrogen and oxygen atoms in total. The number of carbonyl (C=O) groups is 1. The molecule has 0 spiro atoms. The highest BCUT2D eigenvalue weighted by Gasteiger charge is 2.19. The Morgan fingerprint density at radius 1 is 1.14 bits per heavy atom. The van der Waals surface area contributed by atoms with Crippen molar-refractivity contribution >= 4 is 17.3 Å². The zero-order valence-corrected chi connectivity index (χ0v) is 15.3. The van der Waals surface area contributed by atoms with E-state index in [0.717, 1.165) is 0 Å². The largest absolute Gasteiger partial charge is 0.477 e. The summed E-state index contributed by atoms with van der Waals surface area (Å²) in [5, 5.41) is 13.5. The van der Waals surface area contributed by atoms with Gasteiger partial charge in [0, 0.05) is 13.1 Å². The van der Waals surface area contributed by atoms with Gasteiger partial charge < -0.3 is 10.1 Å². The number of anilines is 1. The van der Waals surface area contributed by atoms with Crippen LogP contribution >= 0.6 is 0 Å². The second-order valence-corrected chi connectivity index (χ2v) is 6.00. The van der Waals surface area contributed by atoms with Crippen molar-refractivity contribution in [3.8, 4) is 11.4 Å². The minimum absolute atomic E-state index is 0.0193. The number of amides is 1. The first-order valence-corrected chi connectivity index (χ1v) is 8.40. The first-order valence-electron chi connectivity index (χ1n) is 8.40. The summed E-state index contributed by atoms with van der Waals surface area (Å²) in [6.07, 6.45) is 0. The summed E-state index contributed by atoms with van der Waals surface area (Å²) < 4.78 is 8.34. The maximum atomic E-state index is 12.8. The summed E-state index contributed by atoms with van der Waals surface area (Å²) in [6.45, 7) is 1.24. The lowest BCUT2D eigenvalue weighted by Crippen LogP contribution is -2.25. The van der Waals surface area contributed by atoms with Crippen LogP contribution in [0.2, 0.25) is 0 Å². The van der Waals surface area contributed by atoms with Gasteiger partial charge in [-0.15, -0.1) is 0 Å². The number of hydrogen-bond donors (Lipinski definition) is 1. The molecule has 0 saturated carbocycles. The summed E-state index contributed by atoms with van der Waals surface area (Å²) in [5.74, 6) is -0.613. The SMILES string of the molecule is Cc1c(NC(=O)COc2ccccc2[N+](=O)[O-])c(=O)n(-c2ccccc2)n1C. The summed E-state index contributed by atoms with van der Waals surface area (Å²) >= 11 is 0. The van der Waals surface area contributed by atoms with Gasteiger partial charge in [0.25, 0.3) is 11.5 Å². The predicted molar refractivity (Wildman–Crippen MR) is 103 cm³/mol. The molecule has 0 aliphatic carbocycles. The molecular formula is C19H18N4O5. The van der Waals surface area contributed by atoms with Crippen LogP contribution in [0.25, 0.3) is 5.69 Å². The molecule has 1 heterocycles. The molecule has 1 amide bonds. The highest BCUT2D eigenvalue weighted by atomic mass is 16.6. The number of para-hydroxylation sites is 3. The Balaban J connectivity index is 1.79. The molecule has 3 aromatic rings. The molecule has 0 aliphatic rings. The Hall–Kier alpha value is -3.88. The van der Waals surface area contributed by atoms with E-state index in [1.165, 1.54) is 22.9 Å². The molecule has 0 radical (unpaired) electrons. The van der Waals surface area contributed by atoms with Gasteiger partial charge in [-0.1, -0.05) is 30.3 Å². The molecule has 1 N–H and O–H groups in total. The first-order chi connectivity index (χ1) is 13.4. The van der Waals surface area contributed by atoms with Crippen LogP contribution < -0.4 is 15.6 Å². The quantitative estimate of drug-likeness (QED) is 0.520. The number of nitrogens with zero attached hydrogens (tertiary/aromatic N) is 3. The fraction of sp³-hybridized carbons (Fsp3) is 0.158. The summed E-state index contributed by atoms with van der Waals surface area (Å²) in [7, 11) is 1.71. The minimum atomic E-state index is -0.593. The van der Waals surface area contributed by atoms with Crippen molar-refractivity contribution in [2.24, 2.45) is 7.05 Å². The lowest BCUT2D eigenvalue weighted by molar-refractivity contribution is -0.385. The van der Waals surface area contributed by atoms with E-state index in [1.54, 1.807) is 36.9 Å². The minimum Gasteiger partial charge on any atom is -0.477 e. The average Bonchev–Trinajstić information content (AvgIpc) is 2.90. The van der Waals surface area contributed by atoms with Crippen LogP contribution in [0.15, 0.2) is 59.4 Å². The summed E-state index contributed by atoms with van der Waals surface area (Å²) in [4.78, 5) is 35.4. The zero-order valence-electron chi connectivity index (χ0n) is 15.3. The Morgan fingerprint density at radius 3 is 2.46 bits per heavy atom. The van der Waals surface area contributed by atoms with E-state index < -0.39 is 17.4 Å². The van der Waals surface area contributed by atoms with Gasteiger partial charge in [-0.05, 0) is 25.1 Å². The van der Waals surface area contributed by atoms with Gasteiger partial charge in [0.15, 0.2) is 12.4 Å². The highest BCUT2D eigenvalue weighted by molar-refractivity contribution is 5.92. The Morgan fingerprint density at radius 2 is 1.79 bits per heavy atom. The number of aromatic nitrogens is 2. The normalized spacial score (nSPS) is 10.5. The number of nitrogens with one attached hydrogen (secondary N) is 1. The fourth-order valence-electron chi connectivity index (χ4n) is 2.76. The molecule has 28 heavy (non-hydrogen) atoms. The van der Waals surface area contributed by atoms with Gasteiger partial charge in [0.05, 0.1) is 16.3 Å². The number of carbonyl (C=O) groups excluding carboxylic acids is 1. The van der Waals surface area contributed by atoms with Gasteiger partial charge in [-0.2, -0.15) is 0 Å². The number of benzene rings is 2. The van der Waals surface area contributed by atoms with Gasteiger partial charge in [-0.25, -0.2) is 4.68 Å². The number of nitro groups is 1. The van der Waals surface area contributed by atoms with E-state index in [2.05, 4.69) is 5.32 Å². The maximum absolute atomic E-state index is 12.8. The van der Waals surface area contributed by atoms with E-state index in [9.17, 15) is 19.7 Å². The van der Waals surface area contributed by atoms with E-state index in [-0.39, 0.29) is 22.7 Å². The average molecular weight is 382 g/mol. The lowest BCUT2D eigenvalue weighted by Gasteiger charge is -2.07. The third-order valence-electron chi connectivity index (χ3n) is 4.24. The third kappa shape index (κ3) is 3.63. The van der Waals surface area contributed by atoms with E-state index in [4.69, 9.17) is 4.74 Å². The second-order valence-electron chi connectivity index (χ2n) is 6.00. The van der Waals surface area contributed by atoms with E-state index in [1.807, 2.05) is 18.2 Å². The second kappa shape index (κ2) is 7.78. The third-order valence-corrected chi connectivity index (χ3v) is 4.24. The Labute approximate surface area is 159 Å². The van der Waals surface area contributed by atoms with Crippen LogP contribution in [0.1, 0.15) is 5.69 Å². The molecule has 0 saturated heterocycles. The summed E-state index contributed by atoms with van der Waals surface area (Å²) in [6, 6.07) is 14.8. The molecule has 0 bridgehead atoms. The molecule has 2 aromatic carbocycles. The van der Waals surface area contributed by atoms with Crippen molar-refractivity contribution in [2.45, 2.75) is 6.92 Å². The topological polar surface area (TPSA) is 108 Å². The molecule has 144 valence electrons. The fourth-order valence-corrected chi connectivity index (χ4v) is 2.76. The Bertz CT molecular complexity index is 1090. The lowest BCUT2D eigenvalue weighted by atomic mass is 10.3. The molecular weight excluding hydrogens is 364 g/mol. The molecule has 0 atom stereocenters. The number of nitro benzene ring substituents is 1. The van der Waals surface area contributed by atoms with Crippen LogP contribution in [0.4, 0.5) is 11.4 Å². The van der Waals surface area contributed by atoms with Crippen molar-refractivity contribution in [3.05, 3.63) is 80.8 Å². The predicted octanol–water partition coefficient (Wildman–Crippen LogP) is 2.41. The molecule has 1 aromatic heterocycles. The van der Waals surface area contributed by atoms with E-state index in [0.29, 0.717) is 11.4 Å². The van der Waals surface area contributed by atoms with Gasteiger partial charge >= 0.3 is 5.69 Å². The van der Waals surface area contributed by atoms with Crippen molar-refractivity contribution in [1.82, 2.24) is 9.36 Å². The maximum Gasteiger partial charge on any atom is 0.310 e. The van der Waals surface area contributed by atoms with Crippen LogP contribution in [0, 0.1) is 17.0 Å². The smallest absolute Gasteiger partial charge is 0.310 e.